The van der Waals surface area contributed by atoms with Crippen LogP contribution in [-0.2, 0) is 0 Å². The molecule has 8 heavy (non-hydrogen) atoms. The Morgan fingerprint density at radius 2 is 2.50 bits per heavy atom. The van der Waals surface area contributed by atoms with Crippen LogP contribution in [0.15, 0.2) is 0 Å². The van der Waals surface area contributed by atoms with E-state index in [2.05, 4.69) is 12.2 Å². The number of hydrogen-bond donors (Lipinski definition) is 2. The van der Waals surface area contributed by atoms with Gasteiger partial charge in [-0.1, -0.05) is 6.92 Å². The first-order valence-corrected chi connectivity index (χ1v) is 3.19. The maximum absolute atomic E-state index is 8.67. The summed E-state index contributed by atoms with van der Waals surface area (Å²) in [4.78, 5) is 0. The second-order valence-electron chi connectivity index (χ2n) is 2.51. The summed E-state index contributed by atoms with van der Waals surface area (Å²) in [6.45, 7) is 3.54. The van der Waals surface area contributed by atoms with Crippen LogP contribution in [0.5, 0.6) is 0 Å². The van der Waals surface area contributed by atoms with Crippen molar-refractivity contribution in [3.8, 4) is 0 Å². The molecule has 1 fully saturated rings. The van der Waals surface area contributed by atoms with Crippen LogP contribution in [0.3, 0.4) is 0 Å². The summed E-state index contributed by atoms with van der Waals surface area (Å²) < 4.78 is 0. The van der Waals surface area contributed by atoms with Gasteiger partial charge in [-0.05, 0) is 18.9 Å². The van der Waals surface area contributed by atoms with Crippen LogP contribution in [0.2, 0.25) is 0 Å². The molecule has 1 rings (SSSR count). The highest BCUT2D eigenvalue weighted by Gasteiger charge is 2.20. The number of nitrogens with one attached hydrogen (secondary N) is 1. The Morgan fingerprint density at radius 3 is 2.75 bits per heavy atom. The van der Waals surface area contributed by atoms with E-state index in [1.165, 1.54) is 6.42 Å². The van der Waals surface area contributed by atoms with Gasteiger partial charge in [0.25, 0.3) is 0 Å². The quantitative estimate of drug-likeness (QED) is 0.503. The first kappa shape index (κ1) is 6.05. The van der Waals surface area contributed by atoms with Crippen molar-refractivity contribution < 1.29 is 5.11 Å². The van der Waals surface area contributed by atoms with E-state index < -0.39 is 0 Å². The summed E-state index contributed by atoms with van der Waals surface area (Å²) in [5, 5.41) is 11.9. The van der Waals surface area contributed by atoms with Gasteiger partial charge in [0.2, 0.25) is 0 Å². The van der Waals surface area contributed by atoms with Crippen LogP contribution in [-0.4, -0.2) is 24.3 Å². The molecule has 0 bridgehead atoms. The molecular weight excluding hydrogens is 102 g/mol. The van der Waals surface area contributed by atoms with Crippen molar-refractivity contribution in [2.45, 2.75) is 19.4 Å². The molecular formula is C6H13NO. The third-order valence-corrected chi connectivity index (χ3v) is 1.89. The maximum Gasteiger partial charge on any atom is 0.0587 e. The van der Waals surface area contributed by atoms with E-state index in [0.717, 1.165) is 6.54 Å². The van der Waals surface area contributed by atoms with E-state index >= 15 is 0 Å². The van der Waals surface area contributed by atoms with Gasteiger partial charge in [0.15, 0.2) is 0 Å². The summed E-state index contributed by atoms with van der Waals surface area (Å²) in [5.41, 5.74) is 0. The van der Waals surface area contributed by atoms with Crippen molar-refractivity contribution in [2.24, 2.45) is 5.92 Å². The van der Waals surface area contributed by atoms with Gasteiger partial charge in [-0.2, -0.15) is 0 Å². The molecule has 2 atom stereocenters. The van der Waals surface area contributed by atoms with Gasteiger partial charge in [-0.15, -0.1) is 0 Å². The molecule has 1 saturated heterocycles. The first-order chi connectivity index (χ1) is 3.84. The minimum Gasteiger partial charge on any atom is -0.395 e. The van der Waals surface area contributed by atoms with Crippen LogP contribution in [0.4, 0.5) is 0 Å². The summed E-state index contributed by atoms with van der Waals surface area (Å²) in [5.74, 6) is 0.667. The predicted molar refractivity (Wildman–Crippen MR) is 32.7 cm³/mol. The summed E-state index contributed by atoms with van der Waals surface area (Å²) in [6, 6.07) is 0.370. The maximum atomic E-state index is 8.67. The lowest BCUT2D eigenvalue weighted by Crippen LogP contribution is -2.29. The normalized spacial score (nSPS) is 38.2. The Morgan fingerprint density at radius 1 is 1.75 bits per heavy atom. The zero-order chi connectivity index (χ0) is 5.98. The number of hydrogen-bond acceptors (Lipinski definition) is 2. The number of aliphatic hydroxyl groups is 1. The van der Waals surface area contributed by atoms with Gasteiger partial charge in [0.05, 0.1) is 6.61 Å². The van der Waals surface area contributed by atoms with Gasteiger partial charge in [-0.3, -0.25) is 0 Å². The van der Waals surface area contributed by atoms with Crippen molar-refractivity contribution >= 4 is 0 Å². The highest BCUT2D eigenvalue weighted by Crippen LogP contribution is 2.12. The Hall–Kier alpha value is -0.0800. The molecule has 0 aliphatic carbocycles. The average Bonchev–Trinajstić information content (AvgIpc) is 2.14. The molecule has 0 aromatic heterocycles. The fourth-order valence-corrected chi connectivity index (χ4v) is 1.14. The van der Waals surface area contributed by atoms with Crippen LogP contribution >= 0.6 is 0 Å². The van der Waals surface area contributed by atoms with Crippen LogP contribution in [0.25, 0.3) is 0 Å². The minimum atomic E-state index is 0.293. The van der Waals surface area contributed by atoms with Crippen LogP contribution in [0.1, 0.15) is 13.3 Å². The molecule has 0 saturated carbocycles. The zero-order valence-corrected chi connectivity index (χ0v) is 5.22. The standard InChI is InChI=1S/C6H13NO/c1-5-2-3-7-6(5)4-8/h5-8H,2-4H2,1H3. The van der Waals surface area contributed by atoms with Crippen molar-refractivity contribution in [1.29, 1.82) is 0 Å². The van der Waals surface area contributed by atoms with E-state index in [0.29, 0.717) is 18.6 Å². The Labute approximate surface area is 49.9 Å². The van der Waals surface area contributed by atoms with E-state index in [4.69, 9.17) is 5.11 Å². The molecule has 0 radical (unpaired) electrons. The van der Waals surface area contributed by atoms with Gasteiger partial charge in [0, 0.05) is 6.04 Å². The minimum absolute atomic E-state index is 0.293. The molecule has 1 heterocycles. The van der Waals surface area contributed by atoms with Crippen molar-refractivity contribution in [1.82, 2.24) is 5.32 Å². The third kappa shape index (κ3) is 1.01. The summed E-state index contributed by atoms with van der Waals surface area (Å²) in [6.07, 6.45) is 1.21. The van der Waals surface area contributed by atoms with E-state index in [1.807, 2.05) is 0 Å². The van der Waals surface area contributed by atoms with Crippen molar-refractivity contribution in [2.75, 3.05) is 13.2 Å². The predicted octanol–water partition coefficient (Wildman–Crippen LogP) is -0.0233. The largest absolute Gasteiger partial charge is 0.395 e. The highest BCUT2D eigenvalue weighted by molar-refractivity contribution is 4.79. The molecule has 2 nitrogen and oxygen atoms in total. The summed E-state index contributed by atoms with van der Waals surface area (Å²) >= 11 is 0. The number of rotatable bonds is 1. The Balaban J connectivity index is 2.30. The molecule has 0 aromatic rings. The Kier molecular flexibility index (Phi) is 1.86. The van der Waals surface area contributed by atoms with Crippen LogP contribution in [0, 0.1) is 5.92 Å². The average molecular weight is 115 g/mol. The monoisotopic (exact) mass is 115 g/mol. The lowest BCUT2D eigenvalue weighted by Gasteiger charge is -2.10. The van der Waals surface area contributed by atoms with Gasteiger partial charge >= 0.3 is 0 Å². The van der Waals surface area contributed by atoms with Gasteiger partial charge in [0.1, 0.15) is 0 Å². The van der Waals surface area contributed by atoms with E-state index in [9.17, 15) is 0 Å². The fourth-order valence-electron chi connectivity index (χ4n) is 1.14. The van der Waals surface area contributed by atoms with Crippen molar-refractivity contribution in [3.05, 3.63) is 0 Å². The SMILES string of the molecule is CC1CCNC1CO. The topological polar surface area (TPSA) is 32.3 Å². The van der Waals surface area contributed by atoms with Crippen LogP contribution < -0.4 is 5.32 Å². The molecule has 2 N–H and O–H groups in total. The van der Waals surface area contributed by atoms with Gasteiger partial charge < -0.3 is 10.4 Å². The Bertz CT molecular complexity index is 74.9. The second-order valence-corrected chi connectivity index (χ2v) is 2.51. The molecule has 2 unspecified atom stereocenters. The second kappa shape index (κ2) is 2.46. The molecule has 48 valence electrons. The zero-order valence-electron chi connectivity index (χ0n) is 5.22. The summed E-state index contributed by atoms with van der Waals surface area (Å²) in [7, 11) is 0. The molecule has 1 aliphatic rings. The lowest BCUT2D eigenvalue weighted by atomic mass is 10.1. The molecule has 1 aliphatic heterocycles. The molecule has 0 spiro atoms. The highest BCUT2D eigenvalue weighted by atomic mass is 16.3. The number of aliphatic hydroxyl groups excluding tert-OH is 1. The van der Waals surface area contributed by atoms with E-state index in [1.54, 1.807) is 0 Å². The smallest absolute Gasteiger partial charge is 0.0587 e. The first-order valence-electron chi connectivity index (χ1n) is 3.19. The third-order valence-electron chi connectivity index (χ3n) is 1.89. The van der Waals surface area contributed by atoms with Gasteiger partial charge in [-0.25, -0.2) is 0 Å². The lowest BCUT2D eigenvalue weighted by molar-refractivity contribution is 0.233. The van der Waals surface area contributed by atoms with E-state index in [-0.39, 0.29) is 0 Å². The fraction of sp³-hybridized carbons (Fsp3) is 1.00. The molecule has 0 aromatic carbocycles. The molecule has 0 amide bonds. The van der Waals surface area contributed by atoms with Crippen molar-refractivity contribution in [3.63, 3.8) is 0 Å². The molecule has 2 heteroatoms.